The summed E-state index contributed by atoms with van der Waals surface area (Å²) in [6, 6.07) is 26.7. The Labute approximate surface area is 200 Å². The Balaban J connectivity index is 2.44. The lowest BCUT2D eigenvalue weighted by molar-refractivity contribution is -0.137. The number of methoxy groups -OCH3 is 2. The van der Waals surface area contributed by atoms with E-state index in [0.717, 1.165) is 16.7 Å². The van der Waals surface area contributed by atoms with Crippen LogP contribution in [0.2, 0.25) is 0 Å². The molecule has 0 aliphatic carbocycles. The van der Waals surface area contributed by atoms with Crippen molar-refractivity contribution in [3.05, 3.63) is 113 Å². The lowest BCUT2D eigenvalue weighted by atomic mass is 9.87. The Bertz CT molecular complexity index is 1200. The summed E-state index contributed by atoms with van der Waals surface area (Å²) in [4.78, 5) is 28.6. The van der Waals surface area contributed by atoms with Gasteiger partial charge in [-0.25, -0.2) is 9.59 Å². The van der Waals surface area contributed by atoms with E-state index >= 15 is 0 Å². The molecule has 0 heterocycles. The topological polar surface area (TPSA) is 55.8 Å². The van der Waals surface area contributed by atoms with Gasteiger partial charge in [-0.1, -0.05) is 84.9 Å². The molecule has 5 heteroatoms. The molecular weight excluding hydrogens is 426 g/mol. The second kappa shape index (κ2) is 11.8. The van der Waals surface area contributed by atoms with Crippen LogP contribution in [0.1, 0.15) is 22.3 Å². The molecule has 0 amide bonds. The molecule has 5 nitrogen and oxygen atoms in total. The fourth-order valence-electron chi connectivity index (χ4n) is 3.77. The first kappa shape index (κ1) is 24.7. The second-order valence-corrected chi connectivity index (χ2v) is 7.96. The van der Waals surface area contributed by atoms with E-state index in [2.05, 4.69) is 0 Å². The number of nitrogens with zero attached hydrogens (tertiary/aromatic N) is 1. The molecule has 0 aromatic heterocycles. The molecule has 0 spiro atoms. The average Bonchev–Trinajstić information content (AvgIpc) is 2.86. The average molecular weight is 456 g/mol. The van der Waals surface area contributed by atoms with E-state index in [1.807, 2.05) is 110 Å². The van der Waals surface area contributed by atoms with Gasteiger partial charge in [0.15, 0.2) is 0 Å². The Kier molecular flexibility index (Phi) is 8.54. The summed E-state index contributed by atoms with van der Waals surface area (Å²) in [5.74, 6) is -1.23. The zero-order chi connectivity index (χ0) is 24.5. The predicted molar refractivity (Wildman–Crippen MR) is 136 cm³/mol. The van der Waals surface area contributed by atoms with Gasteiger partial charge < -0.3 is 14.4 Å². The Morgan fingerprint density at radius 2 is 1.32 bits per heavy atom. The van der Waals surface area contributed by atoms with Crippen LogP contribution in [0.3, 0.4) is 0 Å². The van der Waals surface area contributed by atoms with Gasteiger partial charge in [0.2, 0.25) is 0 Å². The number of carbonyl (C=O) groups excluding carboxylic acids is 2. The van der Waals surface area contributed by atoms with Gasteiger partial charge >= 0.3 is 11.9 Å². The van der Waals surface area contributed by atoms with Gasteiger partial charge in [0, 0.05) is 6.54 Å². The van der Waals surface area contributed by atoms with E-state index in [-0.39, 0.29) is 11.1 Å². The summed E-state index contributed by atoms with van der Waals surface area (Å²) in [6.45, 7) is 0.578. The summed E-state index contributed by atoms with van der Waals surface area (Å²) in [5, 5.41) is 0. The van der Waals surface area contributed by atoms with E-state index < -0.39 is 11.9 Å². The maximum absolute atomic E-state index is 13.3. The number of hydrogen-bond acceptors (Lipinski definition) is 5. The SMILES string of the molecule is COC(=O)C(/C(=C\c1ccccc1)c1ccccc1)=C(/C(=O)OC)c1ccccc1CN(C)C. The van der Waals surface area contributed by atoms with Crippen LogP contribution in [0.25, 0.3) is 17.2 Å². The first-order chi connectivity index (χ1) is 16.5. The first-order valence-electron chi connectivity index (χ1n) is 10.9. The number of carbonyl (C=O) groups is 2. The quantitative estimate of drug-likeness (QED) is 0.205. The second-order valence-electron chi connectivity index (χ2n) is 7.96. The molecule has 0 atom stereocenters. The monoisotopic (exact) mass is 455 g/mol. The van der Waals surface area contributed by atoms with E-state index in [0.29, 0.717) is 17.7 Å². The molecular formula is C29H29NO4. The fraction of sp³-hybridized carbons (Fsp3) is 0.172. The third-order valence-electron chi connectivity index (χ3n) is 5.27. The van der Waals surface area contributed by atoms with Crippen molar-refractivity contribution < 1.29 is 19.1 Å². The van der Waals surface area contributed by atoms with Crippen LogP contribution in [-0.4, -0.2) is 45.2 Å². The Morgan fingerprint density at radius 3 is 1.91 bits per heavy atom. The van der Waals surface area contributed by atoms with Crippen molar-refractivity contribution in [2.45, 2.75) is 6.54 Å². The minimum absolute atomic E-state index is 0.149. The standard InChI is InChI=1S/C29H29NO4/c1-30(2)20-23-17-11-12-18-24(23)26(28(31)33-3)27(29(32)34-4)25(22-15-9-6-10-16-22)19-21-13-7-5-8-14-21/h5-19H,20H2,1-4H3/b25-19-,27-26+. The molecule has 174 valence electrons. The molecule has 34 heavy (non-hydrogen) atoms. The maximum atomic E-state index is 13.3. The number of hydrogen-bond donors (Lipinski definition) is 0. The molecule has 0 saturated carbocycles. The van der Waals surface area contributed by atoms with E-state index in [1.54, 1.807) is 0 Å². The summed E-state index contributed by atoms with van der Waals surface area (Å²) in [6.07, 6.45) is 1.89. The lowest BCUT2D eigenvalue weighted by Crippen LogP contribution is -2.18. The van der Waals surface area contributed by atoms with Crippen LogP contribution in [0, 0.1) is 0 Å². The summed E-state index contributed by atoms with van der Waals surface area (Å²) in [7, 11) is 6.53. The number of benzene rings is 3. The van der Waals surface area contributed by atoms with Gasteiger partial charge in [0.25, 0.3) is 0 Å². The zero-order valence-electron chi connectivity index (χ0n) is 19.9. The summed E-state index contributed by atoms with van der Waals surface area (Å²) < 4.78 is 10.4. The highest BCUT2D eigenvalue weighted by molar-refractivity contribution is 6.29. The van der Waals surface area contributed by atoms with Crippen molar-refractivity contribution in [1.29, 1.82) is 0 Å². The lowest BCUT2D eigenvalue weighted by Gasteiger charge is -2.20. The largest absolute Gasteiger partial charge is 0.465 e. The van der Waals surface area contributed by atoms with Gasteiger partial charge in [-0.3, -0.25) is 0 Å². The molecule has 3 aromatic rings. The molecule has 0 aliphatic heterocycles. The third kappa shape index (κ3) is 5.88. The van der Waals surface area contributed by atoms with Crippen LogP contribution in [0.15, 0.2) is 90.5 Å². The van der Waals surface area contributed by atoms with Crippen LogP contribution < -0.4 is 0 Å². The van der Waals surface area contributed by atoms with Crippen LogP contribution in [-0.2, 0) is 25.6 Å². The van der Waals surface area contributed by atoms with Crippen molar-refractivity contribution in [2.75, 3.05) is 28.3 Å². The highest BCUT2D eigenvalue weighted by atomic mass is 16.5. The number of esters is 2. The van der Waals surface area contributed by atoms with Crippen LogP contribution in [0.5, 0.6) is 0 Å². The minimum Gasteiger partial charge on any atom is -0.465 e. The minimum atomic E-state index is -0.619. The van der Waals surface area contributed by atoms with E-state index in [9.17, 15) is 9.59 Å². The molecule has 0 saturated heterocycles. The molecule has 3 rings (SSSR count). The highest BCUT2D eigenvalue weighted by Crippen LogP contribution is 2.35. The number of rotatable bonds is 8. The Morgan fingerprint density at radius 1 is 0.765 bits per heavy atom. The third-order valence-corrected chi connectivity index (χ3v) is 5.27. The van der Waals surface area contributed by atoms with E-state index in [1.165, 1.54) is 14.2 Å². The predicted octanol–water partition coefficient (Wildman–Crippen LogP) is 5.09. The molecule has 0 fully saturated rings. The summed E-state index contributed by atoms with van der Waals surface area (Å²) >= 11 is 0. The van der Waals surface area contributed by atoms with E-state index in [4.69, 9.17) is 9.47 Å². The van der Waals surface area contributed by atoms with Gasteiger partial charge in [0.05, 0.1) is 25.4 Å². The molecule has 0 radical (unpaired) electrons. The van der Waals surface area contributed by atoms with Crippen molar-refractivity contribution in [3.63, 3.8) is 0 Å². The molecule has 0 bridgehead atoms. The van der Waals surface area contributed by atoms with Crippen LogP contribution >= 0.6 is 0 Å². The van der Waals surface area contributed by atoms with Crippen LogP contribution in [0.4, 0.5) is 0 Å². The maximum Gasteiger partial charge on any atom is 0.339 e. The van der Waals surface area contributed by atoms with Crippen molar-refractivity contribution in [3.8, 4) is 0 Å². The van der Waals surface area contributed by atoms with Gasteiger partial charge in [-0.2, -0.15) is 0 Å². The van der Waals surface area contributed by atoms with Gasteiger partial charge in [0.1, 0.15) is 0 Å². The van der Waals surface area contributed by atoms with Crippen molar-refractivity contribution in [1.82, 2.24) is 4.90 Å². The highest BCUT2D eigenvalue weighted by Gasteiger charge is 2.29. The molecule has 0 unspecified atom stereocenters. The summed E-state index contributed by atoms with van der Waals surface area (Å²) in [5.41, 5.74) is 4.05. The van der Waals surface area contributed by atoms with Gasteiger partial charge in [-0.15, -0.1) is 0 Å². The first-order valence-corrected chi connectivity index (χ1v) is 10.9. The number of ether oxygens (including phenoxy) is 2. The fourth-order valence-corrected chi connectivity index (χ4v) is 3.77. The molecule has 0 aliphatic rings. The smallest absolute Gasteiger partial charge is 0.339 e. The zero-order valence-corrected chi connectivity index (χ0v) is 19.9. The Hall–Kier alpha value is -3.96. The molecule has 3 aromatic carbocycles. The van der Waals surface area contributed by atoms with Gasteiger partial charge in [-0.05, 0) is 48.0 Å². The normalized spacial score (nSPS) is 12.2. The molecule has 0 N–H and O–H groups in total. The van der Waals surface area contributed by atoms with Crippen molar-refractivity contribution in [2.24, 2.45) is 0 Å². The van der Waals surface area contributed by atoms with Crippen molar-refractivity contribution >= 4 is 29.2 Å².